The van der Waals surface area contributed by atoms with Crippen LogP contribution in [0.5, 0.6) is 0 Å². The van der Waals surface area contributed by atoms with E-state index in [0.717, 1.165) is 0 Å². The van der Waals surface area contributed by atoms with Crippen molar-refractivity contribution in [2.24, 2.45) is 0 Å². The number of hydrogen-bond acceptors (Lipinski definition) is 1. The summed E-state index contributed by atoms with van der Waals surface area (Å²) in [6.07, 6.45) is 17.3. The van der Waals surface area contributed by atoms with Crippen molar-refractivity contribution in [3.8, 4) is 0 Å². The molecule has 2 rings (SSSR count). The van der Waals surface area contributed by atoms with Crippen molar-refractivity contribution in [1.82, 2.24) is 0 Å². The molecule has 0 bridgehead atoms. The van der Waals surface area contributed by atoms with E-state index in [2.05, 4.69) is 13.0 Å². The second-order valence-electron chi connectivity index (χ2n) is 5.32. The summed E-state index contributed by atoms with van der Waals surface area (Å²) in [7, 11) is 0. The van der Waals surface area contributed by atoms with Gasteiger partial charge in [0.15, 0.2) is 0 Å². The van der Waals surface area contributed by atoms with Gasteiger partial charge in [-0.25, -0.2) is 0 Å². The van der Waals surface area contributed by atoms with Gasteiger partial charge in [-0.2, -0.15) is 0 Å². The minimum absolute atomic E-state index is 0.550. The highest BCUT2D eigenvalue weighted by Gasteiger charge is 2.43. The molecule has 0 aromatic heterocycles. The van der Waals surface area contributed by atoms with Crippen molar-refractivity contribution in [3.05, 3.63) is 11.6 Å². The Morgan fingerprint density at radius 3 is 2.88 bits per heavy atom. The summed E-state index contributed by atoms with van der Waals surface area (Å²) in [5.74, 6) is 0. The zero-order chi connectivity index (χ0) is 11.2. The van der Waals surface area contributed by atoms with Gasteiger partial charge in [-0.1, -0.05) is 45.1 Å². The van der Waals surface area contributed by atoms with Crippen LogP contribution in [0.1, 0.15) is 71.1 Å². The van der Waals surface area contributed by atoms with Crippen LogP contribution in [0.2, 0.25) is 0 Å². The van der Waals surface area contributed by atoms with E-state index < -0.39 is 0 Å². The van der Waals surface area contributed by atoms with Gasteiger partial charge in [-0.15, -0.1) is 0 Å². The van der Waals surface area contributed by atoms with E-state index in [0.29, 0.717) is 12.2 Å². The monoisotopic (exact) mass is 222 g/mol. The summed E-state index contributed by atoms with van der Waals surface area (Å²) < 4.78 is 5.63. The first kappa shape index (κ1) is 12.2. The fourth-order valence-electron chi connectivity index (χ4n) is 2.77. The lowest BCUT2D eigenvalue weighted by Crippen LogP contribution is -2.05. The SMILES string of the molecule is CCCCCCCC/C=C1\CCC[C@H]2O[C@@H]12. The molecule has 16 heavy (non-hydrogen) atoms. The van der Waals surface area contributed by atoms with Crippen molar-refractivity contribution in [1.29, 1.82) is 0 Å². The third kappa shape index (κ3) is 3.62. The molecule has 1 nitrogen and oxygen atoms in total. The Bertz CT molecular complexity index is 232. The average Bonchev–Trinajstić information content (AvgIpc) is 3.07. The van der Waals surface area contributed by atoms with E-state index in [1.807, 2.05) is 0 Å². The molecule has 2 atom stereocenters. The Kier molecular flexibility index (Phi) is 4.90. The largest absolute Gasteiger partial charge is 0.365 e. The van der Waals surface area contributed by atoms with Crippen LogP contribution in [0.15, 0.2) is 11.6 Å². The van der Waals surface area contributed by atoms with Gasteiger partial charge in [-0.05, 0) is 37.7 Å². The summed E-state index contributed by atoms with van der Waals surface area (Å²) in [5, 5.41) is 0. The zero-order valence-corrected chi connectivity index (χ0v) is 10.7. The highest BCUT2D eigenvalue weighted by atomic mass is 16.6. The van der Waals surface area contributed by atoms with Gasteiger partial charge in [0.2, 0.25) is 0 Å². The molecule has 0 radical (unpaired) electrons. The smallest absolute Gasteiger partial charge is 0.105 e. The van der Waals surface area contributed by atoms with E-state index >= 15 is 0 Å². The molecule has 1 aliphatic heterocycles. The van der Waals surface area contributed by atoms with Crippen LogP contribution in [0.3, 0.4) is 0 Å². The second kappa shape index (κ2) is 6.44. The third-order valence-electron chi connectivity index (χ3n) is 3.87. The Hall–Kier alpha value is -0.300. The van der Waals surface area contributed by atoms with Crippen molar-refractivity contribution in [2.45, 2.75) is 83.3 Å². The maximum absolute atomic E-state index is 5.63. The van der Waals surface area contributed by atoms with Crippen LogP contribution < -0.4 is 0 Å². The van der Waals surface area contributed by atoms with E-state index in [1.54, 1.807) is 5.57 Å². The molecule has 1 heterocycles. The first-order chi connectivity index (χ1) is 7.92. The number of rotatable bonds is 7. The highest BCUT2D eigenvalue weighted by molar-refractivity contribution is 5.19. The van der Waals surface area contributed by atoms with Gasteiger partial charge in [0.1, 0.15) is 6.10 Å². The summed E-state index contributed by atoms with van der Waals surface area (Å²) in [6.45, 7) is 2.28. The maximum Gasteiger partial charge on any atom is 0.105 e. The molecular weight excluding hydrogens is 196 g/mol. The molecule has 0 aromatic rings. The van der Waals surface area contributed by atoms with Crippen molar-refractivity contribution in [2.75, 3.05) is 0 Å². The zero-order valence-electron chi connectivity index (χ0n) is 10.7. The van der Waals surface area contributed by atoms with Gasteiger partial charge in [0, 0.05) is 0 Å². The molecule has 92 valence electrons. The Labute approximate surface area is 100 Å². The standard InChI is InChI=1S/C15H26O/c1-2-3-4-5-6-7-8-10-13-11-9-12-14-15(13)16-14/h10,14-15H,2-9,11-12H2,1H3/b13-10+/t14-,15+/m1/s1. The number of hydrogen-bond donors (Lipinski definition) is 0. The van der Waals surface area contributed by atoms with Gasteiger partial charge in [0.05, 0.1) is 6.10 Å². The minimum Gasteiger partial charge on any atom is -0.365 e. The number of allylic oxidation sites excluding steroid dienone is 1. The van der Waals surface area contributed by atoms with Crippen LogP contribution in [0.25, 0.3) is 0 Å². The number of fused-ring (bicyclic) bond motifs is 1. The molecule has 2 fully saturated rings. The first-order valence-electron chi connectivity index (χ1n) is 7.26. The fraction of sp³-hybridized carbons (Fsp3) is 0.867. The van der Waals surface area contributed by atoms with Crippen molar-refractivity contribution < 1.29 is 4.74 Å². The maximum atomic E-state index is 5.63. The molecule has 1 aliphatic carbocycles. The molecule has 0 N–H and O–H groups in total. The molecule has 1 heteroatoms. The second-order valence-corrected chi connectivity index (χ2v) is 5.32. The first-order valence-corrected chi connectivity index (χ1v) is 7.26. The summed E-state index contributed by atoms with van der Waals surface area (Å²) in [4.78, 5) is 0. The van der Waals surface area contributed by atoms with Crippen molar-refractivity contribution in [3.63, 3.8) is 0 Å². The van der Waals surface area contributed by atoms with E-state index in [4.69, 9.17) is 4.74 Å². The summed E-state index contributed by atoms with van der Waals surface area (Å²) in [6, 6.07) is 0. The molecule has 2 aliphatic rings. The lowest BCUT2D eigenvalue weighted by atomic mass is 9.94. The molecule has 1 saturated heterocycles. The lowest BCUT2D eigenvalue weighted by molar-refractivity contribution is 0.384. The van der Waals surface area contributed by atoms with Crippen LogP contribution in [-0.4, -0.2) is 12.2 Å². The quantitative estimate of drug-likeness (QED) is 0.348. The van der Waals surface area contributed by atoms with Crippen LogP contribution in [-0.2, 0) is 4.74 Å². The molecule has 0 amide bonds. The molecule has 0 unspecified atom stereocenters. The Balaban J connectivity index is 1.52. The minimum atomic E-state index is 0.550. The predicted molar refractivity (Wildman–Crippen MR) is 68.6 cm³/mol. The molecule has 0 spiro atoms. The predicted octanol–water partition coefficient (Wildman–Crippen LogP) is 4.61. The van der Waals surface area contributed by atoms with Gasteiger partial charge in [-0.3, -0.25) is 0 Å². The molecule has 1 saturated carbocycles. The van der Waals surface area contributed by atoms with Gasteiger partial charge >= 0.3 is 0 Å². The number of ether oxygens (including phenoxy) is 1. The third-order valence-corrected chi connectivity index (χ3v) is 3.87. The van der Waals surface area contributed by atoms with Gasteiger partial charge in [0.25, 0.3) is 0 Å². The molecular formula is C15H26O. The summed E-state index contributed by atoms with van der Waals surface area (Å²) in [5.41, 5.74) is 1.62. The van der Waals surface area contributed by atoms with Crippen LogP contribution in [0, 0.1) is 0 Å². The highest BCUT2D eigenvalue weighted by Crippen LogP contribution is 2.40. The molecule has 0 aromatic carbocycles. The van der Waals surface area contributed by atoms with Crippen LogP contribution in [0.4, 0.5) is 0 Å². The van der Waals surface area contributed by atoms with E-state index in [9.17, 15) is 0 Å². The Morgan fingerprint density at radius 2 is 2.00 bits per heavy atom. The number of epoxide rings is 1. The topological polar surface area (TPSA) is 12.5 Å². The summed E-state index contributed by atoms with van der Waals surface area (Å²) >= 11 is 0. The van der Waals surface area contributed by atoms with Gasteiger partial charge < -0.3 is 4.74 Å². The van der Waals surface area contributed by atoms with E-state index in [1.165, 1.54) is 64.2 Å². The van der Waals surface area contributed by atoms with Crippen molar-refractivity contribution >= 4 is 0 Å². The lowest BCUT2D eigenvalue weighted by Gasteiger charge is -2.08. The van der Waals surface area contributed by atoms with Crippen LogP contribution >= 0.6 is 0 Å². The fourth-order valence-corrected chi connectivity index (χ4v) is 2.77. The van der Waals surface area contributed by atoms with E-state index in [-0.39, 0.29) is 0 Å². The number of unbranched alkanes of at least 4 members (excludes halogenated alkanes) is 6. The average molecular weight is 222 g/mol. The normalized spacial score (nSPS) is 30.4. The Morgan fingerprint density at radius 1 is 1.19 bits per heavy atom.